The summed E-state index contributed by atoms with van der Waals surface area (Å²) in [5.41, 5.74) is 2.65. The largest absolute Gasteiger partial charge is 0.496 e. The first-order valence-electron chi connectivity index (χ1n) is 7.62. The van der Waals surface area contributed by atoms with Crippen molar-refractivity contribution in [2.24, 2.45) is 0 Å². The third-order valence-corrected chi connectivity index (χ3v) is 4.14. The summed E-state index contributed by atoms with van der Waals surface area (Å²) in [7, 11) is 1.62. The number of methoxy groups -OCH3 is 1. The minimum absolute atomic E-state index is 0.218. The number of halogens is 1. The van der Waals surface area contributed by atoms with Gasteiger partial charge in [-0.15, -0.1) is 0 Å². The predicted molar refractivity (Wildman–Crippen MR) is 94.8 cm³/mol. The molecule has 3 rings (SSSR count). The molecule has 2 aromatic carbocycles. The molecule has 1 aromatic heterocycles. The number of rotatable bonds is 4. The average Bonchev–Trinajstić information content (AvgIpc) is 2.98. The summed E-state index contributed by atoms with van der Waals surface area (Å²) in [6.07, 6.45) is 0. The topological polar surface area (TPSA) is 51.5 Å². The lowest BCUT2D eigenvalue weighted by molar-refractivity contribution is 0.0913. The van der Waals surface area contributed by atoms with Crippen molar-refractivity contribution < 1.29 is 13.9 Å². The number of furan rings is 1. The van der Waals surface area contributed by atoms with Crippen molar-refractivity contribution in [1.82, 2.24) is 5.32 Å². The highest BCUT2D eigenvalue weighted by Crippen LogP contribution is 2.27. The highest BCUT2D eigenvalue weighted by molar-refractivity contribution is 6.31. The number of nitrogens with one attached hydrogen (secondary N) is 1. The summed E-state index contributed by atoms with van der Waals surface area (Å²) in [4.78, 5) is 12.5. The minimum Gasteiger partial charge on any atom is -0.496 e. The summed E-state index contributed by atoms with van der Waals surface area (Å²) >= 11 is 5.96. The van der Waals surface area contributed by atoms with E-state index in [2.05, 4.69) is 5.32 Å². The van der Waals surface area contributed by atoms with E-state index in [0.717, 1.165) is 22.3 Å². The Kier molecular flexibility index (Phi) is 4.49. The zero-order valence-corrected chi connectivity index (χ0v) is 14.5. The first-order chi connectivity index (χ1) is 11.5. The van der Waals surface area contributed by atoms with Crippen molar-refractivity contribution in [3.05, 3.63) is 64.4 Å². The van der Waals surface area contributed by atoms with Crippen molar-refractivity contribution in [2.75, 3.05) is 7.11 Å². The van der Waals surface area contributed by atoms with Gasteiger partial charge >= 0.3 is 0 Å². The fourth-order valence-electron chi connectivity index (χ4n) is 2.66. The van der Waals surface area contributed by atoms with Crippen LogP contribution in [0.4, 0.5) is 0 Å². The van der Waals surface area contributed by atoms with Gasteiger partial charge in [-0.2, -0.15) is 0 Å². The third kappa shape index (κ3) is 3.24. The van der Waals surface area contributed by atoms with Gasteiger partial charge < -0.3 is 14.5 Å². The van der Waals surface area contributed by atoms with E-state index in [4.69, 9.17) is 20.8 Å². The van der Waals surface area contributed by atoms with Gasteiger partial charge in [0.05, 0.1) is 13.2 Å². The van der Waals surface area contributed by atoms with Gasteiger partial charge in [-0.05, 0) is 44.2 Å². The molecule has 0 radical (unpaired) electrons. The molecule has 0 spiro atoms. The monoisotopic (exact) mass is 343 g/mol. The molecule has 124 valence electrons. The Balaban J connectivity index is 1.84. The van der Waals surface area contributed by atoms with Crippen molar-refractivity contribution in [2.45, 2.75) is 19.9 Å². The quantitative estimate of drug-likeness (QED) is 0.733. The lowest BCUT2D eigenvalue weighted by Crippen LogP contribution is -2.26. The molecule has 1 atom stereocenters. The molecule has 0 aliphatic rings. The number of carbonyl (C=O) groups is 1. The fraction of sp³-hybridized carbons (Fsp3) is 0.211. The normalized spacial score (nSPS) is 12.2. The Hall–Kier alpha value is -2.46. The zero-order chi connectivity index (χ0) is 17.3. The summed E-state index contributed by atoms with van der Waals surface area (Å²) in [5, 5.41) is 4.35. The lowest BCUT2D eigenvalue weighted by Gasteiger charge is -2.17. The highest BCUT2D eigenvalue weighted by atomic mass is 35.5. The molecular weight excluding hydrogens is 326 g/mol. The molecule has 1 amide bonds. The molecule has 24 heavy (non-hydrogen) atoms. The van der Waals surface area contributed by atoms with Gasteiger partial charge in [-0.1, -0.05) is 29.3 Å². The van der Waals surface area contributed by atoms with Gasteiger partial charge in [-0.3, -0.25) is 4.79 Å². The third-order valence-electron chi connectivity index (χ3n) is 3.90. The van der Waals surface area contributed by atoms with E-state index in [0.29, 0.717) is 10.6 Å². The van der Waals surface area contributed by atoms with Crippen LogP contribution in [0.2, 0.25) is 5.02 Å². The number of hydrogen-bond donors (Lipinski definition) is 1. The smallest absolute Gasteiger partial charge is 0.287 e. The summed E-state index contributed by atoms with van der Waals surface area (Å²) in [5.74, 6) is 0.717. The molecule has 0 saturated heterocycles. The van der Waals surface area contributed by atoms with Crippen LogP contribution >= 0.6 is 11.6 Å². The van der Waals surface area contributed by atoms with Crippen molar-refractivity contribution >= 4 is 28.5 Å². The van der Waals surface area contributed by atoms with E-state index >= 15 is 0 Å². The van der Waals surface area contributed by atoms with Gasteiger partial charge in [-0.25, -0.2) is 0 Å². The molecule has 0 saturated carbocycles. The minimum atomic E-state index is -0.279. The Labute approximate surface area is 145 Å². The van der Waals surface area contributed by atoms with E-state index in [1.54, 1.807) is 31.4 Å². The standard InChI is InChI=1S/C19H18ClNO3/c1-11-4-6-17(23-3)15(8-11)12(2)21-19(22)18-10-13-9-14(20)5-7-16(13)24-18/h4-10,12H,1-3H3,(H,21,22). The SMILES string of the molecule is COc1ccc(C)cc1C(C)NC(=O)c1cc2cc(Cl)ccc2o1. The van der Waals surface area contributed by atoms with Crippen molar-refractivity contribution in [3.8, 4) is 5.75 Å². The molecule has 4 nitrogen and oxygen atoms in total. The van der Waals surface area contributed by atoms with Gasteiger partial charge in [0.1, 0.15) is 11.3 Å². The molecule has 3 aromatic rings. The number of benzene rings is 2. The maximum Gasteiger partial charge on any atom is 0.287 e. The van der Waals surface area contributed by atoms with Crippen LogP contribution in [0.5, 0.6) is 5.75 Å². The fourth-order valence-corrected chi connectivity index (χ4v) is 2.84. The van der Waals surface area contributed by atoms with Gasteiger partial charge in [0.15, 0.2) is 5.76 Å². The van der Waals surface area contributed by atoms with Crippen LogP contribution in [0.3, 0.4) is 0 Å². The molecule has 0 aliphatic heterocycles. The van der Waals surface area contributed by atoms with Crippen molar-refractivity contribution in [1.29, 1.82) is 0 Å². The number of aryl methyl sites for hydroxylation is 1. The summed E-state index contributed by atoms with van der Waals surface area (Å²) < 4.78 is 11.0. The van der Waals surface area contributed by atoms with E-state index in [1.807, 2.05) is 32.0 Å². The molecular formula is C19H18ClNO3. The van der Waals surface area contributed by atoms with Crippen LogP contribution in [0.1, 0.15) is 34.6 Å². The number of hydrogen-bond acceptors (Lipinski definition) is 3. The van der Waals surface area contributed by atoms with Crippen LogP contribution in [0.15, 0.2) is 46.9 Å². The Morgan fingerprint density at radius 1 is 1.21 bits per heavy atom. The van der Waals surface area contributed by atoms with Crippen LogP contribution in [-0.4, -0.2) is 13.0 Å². The van der Waals surface area contributed by atoms with Crippen molar-refractivity contribution in [3.63, 3.8) is 0 Å². The Bertz CT molecular complexity index is 901. The second-order valence-electron chi connectivity index (χ2n) is 5.73. The Morgan fingerprint density at radius 3 is 2.75 bits per heavy atom. The highest BCUT2D eigenvalue weighted by Gasteiger charge is 2.18. The van der Waals surface area contributed by atoms with Crippen LogP contribution in [-0.2, 0) is 0 Å². The molecule has 1 N–H and O–H groups in total. The van der Waals surface area contributed by atoms with Crippen LogP contribution < -0.4 is 10.1 Å². The van der Waals surface area contributed by atoms with Gasteiger partial charge in [0.25, 0.3) is 5.91 Å². The summed E-state index contributed by atoms with van der Waals surface area (Å²) in [6, 6.07) is 12.6. The molecule has 0 aliphatic carbocycles. The van der Waals surface area contributed by atoms with E-state index < -0.39 is 0 Å². The van der Waals surface area contributed by atoms with Gasteiger partial charge in [0, 0.05) is 16.0 Å². The van der Waals surface area contributed by atoms with E-state index in [1.165, 1.54) is 0 Å². The molecule has 5 heteroatoms. The first-order valence-corrected chi connectivity index (χ1v) is 8.00. The Morgan fingerprint density at radius 2 is 2.00 bits per heavy atom. The van der Waals surface area contributed by atoms with Crippen LogP contribution in [0.25, 0.3) is 11.0 Å². The number of fused-ring (bicyclic) bond motifs is 1. The van der Waals surface area contributed by atoms with E-state index in [9.17, 15) is 4.79 Å². The van der Waals surface area contributed by atoms with E-state index in [-0.39, 0.29) is 17.7 Å². The predicted octanol–water partition coefficient (Wildman–Crippen LogP) is 4.89. The zero-order valence-electron chi connectivity index (χ0n) is 13.7. The molecule has 0 fully saturated rings. The van der Waals surface area contributed by atoms with Gasteiger partial charge in [0.2, 0.25) is 0 Å². The molecule has 0 bridgehead atoms. The molecule has 1 unspecified atom stereocenters. The number of ether oxygens (including phenoxy) is 1. The second kappa shape index (κ2) is 6.57. The maximum absolute atomic E-state index is 12.5. The number of amides is 1. The average molecular weight is 344 g/mol. The first kappa shape index (κ1) is 16.4. The number of carbonyl (C=O) groups excluding carboxylic acids is 1. The van der Waals surface area contributed by atoms with Crippen LogP contribution in [0, 0.1) is 6.92 Å². The summed E-state index contributed by atoms with van der Waals surface area (Å²) in [6.45, 7) is 3.91. The lowest BCUT2D eigenvalue weighted by atomic mass is 10.0. The molecule has 1 heterocycles. The second-order valence-corrected chi connectivity index (χ2v) is 6.17. The maximum atomic E-state index is 12.5.